The van der Waals surface area contributed by atoms with Gasteiger partial charge in [0.1, 0.15) is 6.04 Å². The predicted molar refractivity (Wildman–Crippen MR) is 111 cm³/mol. The fraction of sp³-hybridized carbons (Fsp3) is 0.0870. The Morgan fingerprint density at radius 1 is 0.897 bits per heavy atom. The smallest absolute Gasteiger partial charge is 0.247 e. The van der Waals surface area contributed by atoms with Gasteiger partial charge in [0.05, 0.1) is 6.42 Å². The van der Waals surface area contributed by atoms with Crippen molar-refractivity contribution < 1.29 is 9.21 Å². The molecule has 1 aromatic heterocycles. The first kappa shape index (κ1) is 18.9. The molecule has 3 aromatic carbocycles. The molecule has 0 bridgehead atoms. The summed E-state index contributed by atoms with van der Waals surface area (Å²) in [7, 11) is 0. The summed E-state index contributed by atoms with van der Waals surface area (Å²) in [6, 6.07) is 25.7. The van der Waals surface area contributed by atoms with Crippen molar-refractivity contribution in [1.29, 1.82) is 0 Å². The summed E-state index contributed by atoms with van der Waals surface area (Å²) in [6.45, 7) is 0. The van der Waals surface area contributed by atoms with Gasteiger partial charge in [0.2, 0.25) is 17.7 Å². The third-order valence-electron chi connectivity index (χ3n) is 4.42. The number of nitrogens with zero attached hydrogens (tertiary/aromatic N) is 2. The minimum atomic E-state index is -0.541. The molecule has 1 heterocycles. The normalized spacial score (nSPS) is 11.8. The highest BCUT2D eigenvalue weighted by Gasteiger charge is 2.23. The molecule has 0 aliphatic heterocycles. The summed E-state index contributed by atoms with van der Waals surface area (Å²) >= 11 is 5.92. The zero-order chi connectivity index (χ0) is 20.1. The van der Waals surface area contributed by atoms with Crippen molar-refractivity contribution in [2.45, 2.75) is 12.5 Å². The Morgan fingerprint density at radius 3 is 2.24 bits per heavy atom. The third-order valence-corrected chi connectivity index (χ3v) is 4.68. The van der Waals surface area contributed by atoms with Crippen LogP contribution in [0.15, 0.2) is 89.3 Å². The number of halogens is 1. The molecule has 0 spiro atoms. The molecule has 4 aromatic rings. The monoisotopic (exact) mass is 403 g/mol. The van der Waals surface area contributed by atoms with E-state index in [1.54, 1.807) is 12.1 Å². The van der Waals surface area contributed by atoms with Crippen LogP contribution in [-0.2, 0) is 11.2 Å². The number of aromatic nitrogens is 2. The van der Waals surface area contributed by atoms with Crippen LogP contribution >= 0.6 is 11.6 Å². The van der Waals surface area contributed by atoms with Crippen molar-refractivity contribution in [3.8, 4) is 11.5 Å². The molecule has 0 aliphatic carbocycles. The summed E-state index contributed by atoms with van der Waals surface area (Å²) in [4.78, 5) is 12.7. The van der Waals surface area contributed by atoms with Gasteiger partial charge < -0.3 is 9.73 Å². The van der Waals surface area contributed by atoms with Crippen LogP contribution in [0.5, 0.6) is 0 Å². The van der Waals surface area contributed by atoms with Gasteiger partial charge in [0.25, 0.3) is 0 Å². The fourth-order valence-corrected chi connectivity index (χ4v) is 3.11. The number of amides is 1. The summed E-state index contributed by atoms with van der Waals surface area (Å²) in [5.41, 5.74) is 2.56. The number of carbonyl (C=O) groups excluding carboxylic acids is 1. The summed E-state index contributed by atoms with van der Waals surface area (Å²) in [6.07, 6.45) is 0.222. The van der Waals surface area contributed by atoms with Crippen molar-refractivity contribution in [3.05, 3.63) is 107 Å². The third kappa shape index (κ3) is 4.70. The first-order valence-electron chi connectivity index (χ1n) is 9.16. The van der Waals surface area contributed by atoms with E-state index in [0.717, 1.165) is 16.7 Å². The van der Waals surface area contributed by atoms with Crippen LogP contribution in [0.4, 0.5) is 0 Å². The van der Waals surface area contributed by atoms with Gasteiger partial charge in [-0.2, -0.15) is 0 Å². The van der Waals surface area contributed by atoms with E-state index >= 15 is 0 Å². The van der Waals surface area contributed by atoms with E-state index in [4.69, 9.17) is 16.0 Å². The van der Waals surface area contributed by atoms with Gasteiger partial charge in [-0.25, -0.2) is 0 Å². The van der Waals surface area contributed by atoms with E-state index in [1.807, 2.05) is 72.8 Å². The van der Waals surface area contributed by atoms with Crippen LogP contribution < -0.4 is 5.32 Å². The van der Waals surface area contributed by atoms with Gasteiger partial charge in [-0.05, 0) is 35.4 Å². The van der Waals surface area contributed by atoms with Gasteiger partial charge in [-0.3, -0.25) is 4.79 Å². The summed E-state index contributed by atoms with van der Waals surface area (Å²) < 4.78 is 5.90. The first-order chi connectivity index (χ1) is 14.2. The van der Waals surface area contributed by atoms with Crippen molar-refractivity contribution in [3.63, 3.8) is 0 Å². The lowest BCUT2D eigenvalue weighted by molar-refractivity contribution is -0.121. The number of carbonyl (C=O) groups is 1. The highest BCUT2D eigenvalue weighted by Crippen LogP contribution is 2.25. The Labute approximate surface area is 173 Å². The van der Waals surface area contributed by atoms with Crippen molar-refractivity contribution in [2.24, 2.45) is 0 Å². The Hall–Kier alpha value is -3.44. The maximum absolute atomic E-state index is 12.7. The Balaban J connectivity index is 1.58. The lowest BCUT2D eigenvalue weighted by Gasteiger charge is -2.16. The van der Waals surface area contributed by atoms with Crippen LogP contribution in [-0.4, -0.2) is 16.1 Å². The van der Waals surface area contributed by atoms with E-state index in [9.17, 15) is 4.79 Å². The Morgan fingerprint density at radius 2 is 1.55 bits per heavy atom. The average Bonchev–Trinajstić information content (AvgIpc) is 3.25. The highest BCUT2D eigenvalue weighted by atomic mass is 35.5. The van der Waals surface area contributed by atoms with Gasteiger partial charge >= 0.3 is 0 Å². The van der Waals surface area contributed by atoms with E-state index in [-0.39, 0.29) is 12.3 Å². The molecule has 0 fully saturated rings. The molecule has 144 valence electrons. The molecule has 0 radical (unpaired) electrons. The SMILES string of the molecule is O=C(Cc1ccc(Cl)cc1)NC(c1ccccc1)c1nnc(-c2ccccc2)o1. The standard InChI is InChI=1S/C23H18ClN3O2/c24-19-13-11-16(12-14-19)15-20(28)25-21(17-7-3-1-4-8-17)23-27-26-22(29-23)18-9-5-2-6-10-18/h1-14,21H,15H2,(H,25,28). The number of hydrogen-bond donors (Lipinski definition) is 1. The maximum Gasteiger partial charge on any atom is 0.247 e. The van der Waals surface area contributed by atoms with Gasteiger partial charge in [0, 0.05) is 10.6 Å². The molecular weight excluding hydrogens is 386 g/mol. The van der Waals surface area contributed by atoms with Crippen LogP contribution in [0.25, 0.3) is 11.5 Å². The fourth-order valence-electron chi connectivity index (χ4n) is 2.98. The second kappa shape index (κ2) is 8.71. The first-order valence-corrected chi connectivity index (χ1v) is 9.54. The average molecular weight is 404 g/mol. The van der Waals surface area contributed by atoms with Crippen LogP contribution in [0.3, 0.4) is 0 Å². The predicted octanol–water partition coefficient (Wildman–Crippen LogP) is 4.84. The highest BCUT2D eigenvalue weighted by molar-refractivity contribution is 6.30. The van der Waals surface area contributed by atoms with E-state index in [2.05, 4.69) is 15.5 Å². The Bertz CT molecular complexity index is 1080. The van der Waals surface area contributed by atoms with E-state index in [0.29, 0.717) is 16.8 Å². The second-order valence-electron chi connectivity index (χ2n) is 6.53. The van der Waals surface area contributed by atoms with E-state index < -0.39 is 6.04 Å². The summed E-state index contributed by atoms with van der Waals surface area (Å²) in [5, 5.41) is 12.0. The molecule has 1 amide bonds. The number of hydrogen-bond acceptors (Lipinski definition) is 4. The zero-order valence-corrected chi connectivity index (χ0v) is 16.2. The minimum absolute atomic E-state index is 0.152. The molecule has 29 heavy (non-hydrogen) atoms. The molecule has 6 heteroatoms. The molecule has 4 rings (SSSR count). The maximum atomic E-state index is 12.7. The van der Waals surface area contributed by atoms with Gasteiger partial charge in [-0.1, -0.05) is 72.3 Å². The molecule has 0 saturated heterocycles. The van der Waals surface area contributed by atoms with Crippen molar-refractivity contribution >= 4 is 17.5 Å². The minimum Gasteiger partial charge on any atom is -0.418 e. The van der Waals surface area contributed by atoms with Gasteiger partial charge in [-0.15, -0.1) is 10.2 Å². The number of nitrogens with one attached hydrogen (secondary N) is 1. The molecule has 0 aliphatic rings. The lowest BCUT2D eigenvalue weighted by atomic mass is 10.1. The topological polar surface area (TPSA) is 68.0 Å². The molecule has 1 atom stereocenters. The second-order valence-corrected chi connectivity index (χ2v) is 6.96. The van der Waals surface area contributed by atoms with E-state index in [1.165, 1.54) is 0 Å². The van der Waals surface area contributed by atoms with Gasteiger partial charge in [0.15, 0.2) is 0 Å². The lowest BCUT2D eigenvalue weighted by Crippen LogP contribution is -2.30. The Kier molecular flexibility index (Phi) is 5.68. The number of rotatable bonds is 6. The zero-order valence-electron chi connectivity index (χ0n) is 15.5. The van der Waals surface area contributed by atoms with Crippen LogP contribution in [0, 0.1) is 0 Å². The van der Waals surface area contributed by atoms with Crippen molar-refractivity contribution in [2.75, 3.05) is 0 Å². The molecular formula is C23H18ClN3O2. The molecule has 0 saturated carbocycles. The molecule has 1 unspecified atom stereocenters. The quantitative estimate of drug-likeness (QED) is 0.500. The van der Waals surface area contributed by atoms with Crippen LogP contribution in [0.1, 0.15) is 23.1 Å². The largest absolute Gasteiger partial charge is 0.418 e. The molecule has 1 N–H and O–H groups in total. The van der Waals surface area contributed by atoms with Crippen LogP contribution in [0.2, 0.25) is 5.02 Å². The van der Waals surface area contributed by atoms with Crippen molar-refractivity contribution in [1.82, 2.24) is 15.5 Å². The molecule has 5 nitrogen and oxygen atoms in total. The number of benzene rings is 3. The summed E-state index contributed by atoms with van der Waals surface area (Å²) in [5.74, 6) is 0.591.